The van der Waals surface area contributed by atoms with Crippen molar-refractivity contribution >= 4 is 77.6 Å². The average molecular weight is 1070 g/mol. The van der Waals surface area contributed by atoms with Gasteiger partial charge in [0, 0.05) is 44.3 Å². The minimum Gasteiger partial charge on any atom is -0.456 e. The second kappa shape index (κ2) is 18.2. The van der Waals surface area contributed by atoms with Crippen LogP contribution in [0.2, 0.25) is 0 Å². The van der Waals surface area contributed by atoms with Crippen molar-refractivity contribution in [3.05, 3.63) is 263 Å². The maximum absolute atomic E-state index is 6.91. The number of rotatable bonds is 6. The number of benzene rings is 11. The van der Waals surface area contributed by atoms with Crippen LogP contribution < -0.4 is 9.80 Å². The summed E-state index contributed by atoms with van der Waals surface area (Å²) in [4.78, 5) is 5.05. The number of hydrogen-bond acceptors (Lipinski definition) is 3. The van der Waals surface area contributed by atoms with E-state index in [1.54, 1.807) is 0 Å². The van der Waals surface area contributed by atoms with Gasteiger partial charge in [-0.15, -0.1) is 0 Å². The predicted octanol–water partition coefficient (Wildman–Crippen LogP) is 22.4. The van der Waals surface area contributed by atoms with Crippen LogP contribution in [-0.2, 0) is 27.1 Å². The van der Waals surface area contributed by atoms with E-state index in [2.05, 4.69) is 311 Å². The van der Waals surface area contributed by atoms with Gasteiger partial charge in [-0.1, -0.05) is 223 Å². The summed E-state index contributed by atoms with van der Waals surface area (Å²) in [7, 11) is 0. The van der Waals surface area contributed by atoms with Crippen LogP contribution in [0.1, 0.15) is 128 Å². The number of furan rings is 1. The van der Waals surface area contributed by atoms with Gasteiger partial charge in [0.05, 0.1) is 16.8 Å². The lowest BCUT2D eigenvalue weighted by Gasteiger charge is -2.34. The second-order valence-electron chi connectivity index (χ2n) is 27.4. The molecule has 0 saturated carbocycles. The Kier molecular flexibility index (Phi) is 11.4. The van der Waals surface area contributed by atoms with Crippen LogP contribution in [0, 0.1) is 0 Å². The fourth-order valence-electron chi connectivity index (χ4n) is 13.7. The summed E-state index contributed by atoms with van der Waals surface area (Å²) in [6, 6.07) is 83.5. The summed E-state index contributed by atoms with van der Waals surface area (Å²) in [5.41, 5.74) is 23.0. The first kappa shape index (κ1) is 51.5. The molecule has 11 aromatic carbocycles. The maximum Gasteiger partial charge on any atom is 0.136 e. The predicted molar refractivity (Wildman–Crippen MR) is 349 cm³/mol. The summed E-state index contributed by atoms with van der Waals surface area (Å²) in [6.07, 6.45) is 0. The van der Waals surface area contributed by atoms with Gasteiger partial charge in [0.1, 0.15) is 11.2 Å². The lowest BCUT2D eigenvalue weighted by atomic mass is 9.70. The molecular formula is C79H72N2O. The number of para-hydroxylation sites is 1. The highest BCUT2D eigenvalue weighted by atomic mass is 16.3. The molecule has 12 aromatic rings. The molecule has 0 amide bonds. The van der Waals surface area contributed by atoms with Crippen molar-refractivity contribution < 1.29 is 4.42 Å². The Balaban J connectivity index is 1.15. The van der Waals surface area contributed by atoms with E-state index in [-0.39, 0.29) is 21.7 Å². The van der Waals surface area contributed by atoms with Gasteiger partial charge in [0.15, 0.2) is 0 Å². The van der Waals surface area contributed by atoms with Crippen LogP contribution >= 0.6 is 0 Å². The molecule has 3 heteroatoms. The Morgan fingerprint density at radius 2 is 0.634 bits per heavy atom. The third kappa shape index (κ3) is 7.90. The topological polar surface area (TPSA) is 19.6 Å². The summed E-state index contributed by atoms with van der Waals surface area (Å²) in [5.74, 6) is 0. The number of anilines is 6. The molecule has 0 bridgehead atoms. The van der Waals surface area contributed by atoms with E-state index in [4.69, 9.17) is 4.42 Å². The third-order valence-electron chi connectivity index (χ3n) is 18.1. The maximum atomic E-state index is 6.91. The van der Waals surface area contributed by atoms with Crippen molar-refractivity contribution in [1.29, 1.82) is 0 Å². The molecule has 1 spiro atoms. The minimum atomic E-state index is -0.733. The summed E-state index contributed by atoms with van der Waals surface area (Å²) in [6.45, 7) is 27.6. The molecular weight excluding hydrogens is 993 g/mol. The second-order valence-corrected chi connectivity index (χ2v) is 27.4. The quantitative estimate of drug-likeness (QED) is 0.165. The van der Waals surface area contributed by atoms with E-state index in [0.29, 0.717) is 0 Å². The van der Waals surface area contributed by atoms with Crippen LogP contribution in [0.5, 0.6) is 0 Å². The summed E-state index contributed by atoms with van der Waals surface area (Å²) in [5, 5.41) is 6.95. The summed E-state index contributed by atoms with van der Waals surface area (Å²) < 4.78 is 6.91. The van der Waals surface area contributed by atoms with Gasteiger partial charge >= 0.3 is 0 Å². The lowest BCUT2D eigenvalue weighted by Crippen LogP contribution is -2.27. The van der Waals surface area contributed by atoms with Crippen LogP contribution in [0.15, 0.2) is 223 Å². The standard InChI is InChI=1S/C79H72N2O/c1-75(2,3)49-29-37-53(38-30-49)80(54-39-31-50(32-40-54)76(4,5)6)69-47-67-73(61-25-14-13-23-59(61)69)74-64-45-63-60-24-17-20-28-71(60)82-72(63)46-62(64)70(48-68(74)79(67)65-26-18-15-21-57(65)58-22-16-19-27-66(58)79)81(55-41-33-51(34-42-55)77(7,8)9)56-43-35-52(36-44-56)78(10,11)12/h13-48H,1-12H3. The SMILES string of the molecule is CC(C)(C)c1ccc(N(c2ccc(C(C)(C)C)cc2)c2cc3c(c4ccccc24)-c2c(cc(N(c4ccc(C(C)(C)C)cc4)c4ccc(C(C)(C)C)cc4)c4cc5oc6ccccc6c5cc24)C32c3ccccc3-c3ccccc32)cc1. The Morgan fingerprint density at radius 3 is 1.06 bits per heavy atom. The van der Waals surface area contributed by atoms with Gasteiger partial charge in [-0.05, 0) is 178 Å². The normalized spacial score (nSPS) is 13.7. The van der Waals surface area contributed by atoms with E-state index in [0.717, 1.165) is 61.4 Å². The molecule has 404 valence electrons. The Bertz CT molecular complexity index is 4350. The van der Waals surface area contributed by atoms with Gasteiger partial charge in [-0.3, -0.25) is 0 Å². The van der Waals surface area contributed by atoms with Crippen molar-refractivity contribution in [3.63, 3.8) is 0 Å². The van der Waals surface area contributed by atoms with E-state index >= 15 is 0 Å². The molecule has 1 aromatic heterocycles. The Morgan fingerprint density at radius 1 is 0.280 bits per heavy atom. The van der Waals surface area contributed by atoms with Gasteiger partial charge < -0.3 is 14.2 Å². The van der Waals surface area contributed by atoms with Crippen molar-refractivity contribution in [2.75, 3.05) is 9.80 Å². The smallest absolute Gasteiger partial charge is 0.136 e. The molecule has 82 heavy (non-hydrogen) atoms. The van der Waals surface area contributed by atoms with Crippen LogP contribution in [0.3, 0.4) is 0 Å². The molecule has 0 radical (unpaired) electrons. The van der Waals surface area contributed by atoms with Gasteiger partial charge in [-0.25, -0.2) is 0 Å². The largest absolute Gasteiger partial charge is 0.456 e. The first-order valence-corrected chi connectivity index (χ1v) is 29.4. The van der Waals surface area contributed by atoms with E-state index in [9.17, 15) is 0 Å². The number of hydrogen-bond donors (Lipinski definition) is 0. The fourth-order valence-corrected chi connectivity index (χ4v) is 13.7. The molecule has 2 aliphatic carbocycles. The zero-order chi connectivity index (χ0) is 56.8. The summed E-state index contributed by atoms with van der Waals surface area (Å²) >= 11 is 0. The molecule has 1 heterocycles. The van der Waals surface area contributed by atoms with Crippen molar-refractivity contribution in [2.24, 2.45) is 0 Å². The zero-order valence-corrected chi connectivity index (χ0v) is 49.6. The molecule has 0 saturated heterocycles. The van der Waals surface area contributed by atoms with E-state index < -0.39 is 5.41 Å². The van der Waals surface area contributed by atoms with Crippen LogP contribution in [0.4, 0.5) is 34.1 Å². The third-order valence-corrected chi connectivity index (χ3v) is 18.1. The van der Waals surface area contributed by atoms with E-state index in [1.165, 1.54) is 82.9 Å². The Labute approximate surface area is 484 Å². The molecule has 2 aliphatic rings. The molecule has 0 N–H and O–H groups in total. The highest BCUT2D eigenvalue weighted by molar-refractivity contribution is 6.22. The van der Waals surface area contributed by atoms with Crippen molar-refractivity contribution in [3.8, 4) is 22.3 Å². The van der Waals surface area contributed by atoms with Gasteiger partial charge in [-0.2, -0.15) is 0 Å². The van der Waals surface area contributed by atoms with Crippen molar-refractivity contribution in [1.82, 2.24) is 0 Å². The number of nitrogens with zero attached hydrogens (tertiary/aromatic N) is 2. The van der Waals surface area contributed by atoms with Gasteiger partial charge in [0.25, 0.3) is 0 Å². The monoisotopic (exact) mass is 1060 g/mol. The zero-order valence-electron chi connectivity index (χ0n) is 49.6. The molecule has 0 unspecified atom stereocenters. The molecule has 0 fully saturated rings. The fraction of sp³-hybridized carbons (Fsp3) is 0.215. The molecule has 14 rings (SSSR count). The van der Waals surface area contributed by atoms with Crippen LogP contribution in [-0.4, -0.2) is 0 Å². The highest BCUT2D eigenvalue weighted by Crippen LogP contribution is 2.67. The van der Waals surface area contributed by atoms with E-state index in [1.807, 2.05) is 0 Å². The first-order chi connectivity index (χ1) is 39.2. The molecule has 3 nitrogen and oxygen atoms in total. The minimum absolute atomic E-state index is 0.00329. The average Bonchev–Trinajstić information content (AvgIpc) is 1.90. The lowest BCUT2D eigenvalue weighted by molar-refractivity contribution is 0.590. The molecule has 0 aliphatic heterocycles. The van der Waals surface area contributed by atoms with Crippen LogP contribution in [0.25, 0.3) is 65.7 Å². The highest BCUT2D eigenvalue weighted by Gasteiger charge is 2.53. The number of fused-ring (bicyclic) bond motifs is 17. The Hall–Kier alpha value is -8.66. The van der Waals surface area contributed by atoms with Gasteiger partial charge in [0.2, 0.25) is 0 Å². The van der Waals surface area contributed by atoms with Crippen molar-refractivity contribution in [2.45, 2.75) is 110 Å². The first-order valence-electron chi connectivity index (χ1n) is 29.4. The molecule has 0 atom stereocenters.